The molecule has 1 aromatic carbocycles. The smallest absolute Gasteiger partial charge is 0.132 e. The molecule has 2 aromatic heterocycles. The van der Waals surface area contributed by atoms with Gasteiger partial charge in [-0.2, -0.15) is 0 Å². The van der Waals surface area contributed by atoms with Gasteiger partial charge in [0.25, 0.3) is 0 Å². The van der Waals surface area contributed by atoms with E-state index >= 15 is 0 Å². The highest BCUT2D eigenvalue weighted by molar-refractivity contribution is 7.78. The van der Waals surface area contributed by atoms with Gasteiger partial charge < -0.3 is 14.8 Å². The number of hydrogen-bond acceptors (Lipinski definition) is 8. The highest BCUT2D eigenvalue weighted by Gasteiger charge is 2.17. The minimum atomic E-state index is -1.86. The number of halogens is 2. The molecule has 1 aliphatic heterocycles. The first-order chi connectivity index (χ1) is 15.9. The molecule has 4 rings (SSSR count). The van der Waals surface area contributed by atoms with Gasteiger partial charge in [-0.3, -0.25) is 14.2 Å². The first-order valence-electron chi connectivity index (χ1n) is 10.7. The van der Waals surface area contributed by atoms with Gasteiger partial charge in [-0.1, -0.05) is 41.7 Å². The molecule has 0 radical (unpaired) electrons. The topological polar surface area (TPSA) is 107 Å². The van der Waals surface area contributed by atoms with E-state index in [4.69, 9.17) is 30.3 Å². The molecule has 1 unspecified atom stereocenters. The third-order valence-corrected chi connectivity index (χ3v) is 5.41. The molecule has 34 heavy (non-hydrogen) atoms. The maximum atomic E-state index is 9.00. The van der Waals surface area contributed by atoms with Crippen LogP contribution in [0.15, 0.2) is 48.9 Å². The van der Waals surface area contributed by atoms with E-state index in [1.807, 2.05) is 12.1 Å². The lowest BCUT2D eigenvalue weighted by Gasteiger charge is -2.29. The average molecular weight is 524 g/mol. The Balaban J connectivity index is 0.000000758. The summed E-state index contributed by atoms with van der Waals surface area (Å²) in [6.45, 7) is 6.05. The lowest BCUT2D eigenvalue weighted by atomic mass is 9.97. The van der Waals surface area contributed by atoms with Crippen molar-refractivity contribution < 1.29 is 8.76 Å². The van der Waals surface area contributed by atoms with Crippen molar-refractivity contribution in [1.82, 2.24) is 25.3 Å². The Morgan fingerprint density at radius 1 is 1.15 bits per heavy atom. The molecule has 1 aliphatic rings. The van der Waals surface area contributed by atoms with Gasteiger partial charge in [0.05, 0.1) is 11.4 Å². The Bertz CT molecular complexity index is 1030. The maximum absolute atomic E-state index is 9.00. The highest BCUT2D eigenvalue weighted by atomic mass is 35.5. The van der Waals surface area contributed by atoms with Gasteiger partial charge in [0.2, 0.25) is 0 Å². The highest BCUT2D eigenvalue weighted by Crippen LogP contribution is 2.23. The number of aromatic nitrogens is 4. The molecule has 11 heteroatoms. The van der Waals surface area contributed by atoms with Crippen LogP contribution in [0.25, 0.3) is 0 Å². The van der Waals surface area contributed by atoms with Crippen molar-refractivity contribution >= 4 is 40.9 Å². The third-order valence-electron chi connectivity index (χ3n) is 5.16. The van der Waals surface area contributed by atoms with Crippen molar-refractivity contribution in [1.29, 1.82) is 0 Å². The van der Waals surface area contributed by atoms with Gasteiger partial charge in [-0.15, -0.1) is 12.4 Å². The molecule has 0 aliphatic carbocycles. The number of benzene rings is 1. The molecule has 0 spiro atoms. The number of nitrogens with one attached hydrogen (secondary N) is 1. The van der Waals surface area contributed by atoms with E-state index in [1.165, 1.54) is 5.56 Å². The van der Waals surface area contributed by atoms with Crippen molar-refractivity contribution in [3.8, 4) is 0 Å². The van der Waals surface area contributed by atoms with Crippen LogP contribution in [0.4, 0.5) is 5.82 Å². The second kappa shape index (κ2) is 14.3. The third kappa shape index (κ3) is 9.23. The van der Waals surface area contributed by atoms with Gasteiger partial charge >= 0.3 is 0 Å². The average Bonchev–Trinajstić information content (AvgIpc) is 2.80. The summed E-state index contributed by atoms with van der Waals surface area (Å²) in [5.41, 5.74) is 3.13. The van der Waals surface area contributed by atoms with E-state index in [0.29, 0.717) is 12.3 Å². The summed E-state index contributed by atoms with van der Waals surface area (Å²) in [5, 5.41) is 4.15. The SMILES string of the molecule is CS(=O)[O-].C[C@H](Cc1nc(Cc2cnccn2)cc(N2CCNCC2)n1)c1ccc(Cl)cc1.Cl. The van der Waals surface area contributed by atoms with E-state index < -0.39 is 11.1 Å². The van der Waals surface area contributed by atoms with Crippen molar-refractivity contribution in [3.05, 3.63) is 76.7 Å². The number of nitrogens with zero attached hydrogens (tertiary/aromatic N) is 5. The summed E-state index contributed by atoms with van der Waals surface area (Å²) < 4.78 is 18.0. The fraction of sp³-hybridized carbons (Fsp3) is 0.391. The Morgan fingerprint density at radius 2 is 1.82 bits per heavy atom. The van der Waals surface area contributed by atoms with E-state index in [-0.39, 0.29) is 12.4 Å². The molecule has 3 heterocycles. The summed E-state index contributed by atoms with van der Waals surface area (Å²) in [5.74, 6) is 2.16. The second-order valence-corrected chi connectivity index (χ2v) is 9.04. The Labute approximate surface area is 214 Å². The summed E-state index contributed by atoms with van der Waals surface area (Å²) >= 11 is 4.17. The van der Waals surface area contributed by atoms with Crippen molar-refractivity contribution in [2.45, 2.75) is 25.7 Å². The molecule has 1 saturated heterocycles. The van der Waals surface area contributed by atoms with Crippen LogP contribution in [-0.4, -0.2) is 61.1 Å². The van der Waals surface area contributed by atoms with E-state index in [0.717, 1.165) is 66.9 Å². The van der Waals surface area contributed by atoms with Crippen LogP contribution in [0, 0.1) is 0 Å². The molecule has 1 N–H and O–H groups in total. The molecular formula is C23H29Cl2N6O2S-. The fourth-order valence-corrected chi connectivity index (χ4v) is 3.69. The summed E-state index contributed by atoms with van der Waals surface area (Å²) in [6.07, 6.45) is 7.71. The minimum absolute atomic E-state index is 0. The fourth-order valence-electron chi connectivity index (χ4n) is 3.56. The zero-order valence-corrected chi connectivity index (χ0v) is 21.6. The molecule has 0 bridgehead atoms. The molecule has 3 aromatic rings. The maximum Gasteiger partial charge on any atom is 0.132 e. The zero-order chi connectivity index (χ0) is 23.6. The number of hydrogen-bond donors (Lipinski definition) is 1. The molecule has 2 atom stereocenters. The van der Waals surface area contributed by atoms with Gasteiger partial charge in [0.15, 0.2) is 0 Å². The van der Waals surface area contributed by atoms with Crippen molar-refractivity contribution in [3.63, 3.8) is 0 Å². The largest absolute Gasteiger partial charge is 0.773 e. The minimum Gasteiger partial charge on any atom is -0.773 e. The molecule has 184 valence electrons. The van der Waals surface area contributed by atoms with Crippen LogP contribution < -0.4 is 10.2 Å². The van der Waals surface area contributed by atoms with Gasteiger partial charge in [-0.05, 0) is 29.9 Å². The number of rotatable bonds is 6. The van der Waals surface area contributed by atoms with E-state index in [9.17, 15) is 0 Å². The zero-order valence-electron chi connectivity index (χ0n) is 19.2. The van der Waals surface area contributed by atoms with Crippen molar-refractivity contribution in [2.24, 2.45) is 0 Å². The van der Waals surface area contributed by atoms with E-state index in [1.54, 1.807) is 18.6 Å². The van der Waals surface area contributed by atoms with Gasteiger partial charge in [0.1, 0.15) is 11.6 Å². The quantitative estimate of drug-likeness (QED) is 0.490. The Hall–Kier alpha value is -2.17. The van der Waals surface area contributed by atoms with Crippen LogP contribution in [0.3, 0.4) is 0 Å². The molecule has 0 saturated carbocycles. The van der Waals surface area contributed by atoms with Crippen LogP contribution in [-0.2, 0) is 23.9 Å². The standard InChI is InChI=1S/C22H25ClN6.CH4O2S.ClH/c1-16(17-2-4-18(23)5-3-17)12-21-27-19(13-20-15-25-6-7-26-20)14-22(28-21)29-10-8-24-9-11-29;1-4(2)3;/h2-7,14-16,24H,8-13H2,1H3;1H3,(H,2,3);1H/p-1/t16-;;/m1../s1. The summed E-state index contributed by atoms with van der Waals surface area (Å²) in [4.78, 5) is 20.7. The summed E-state index contributed by atoms with van der Waals surface area (Å²) in [7, 11) is 0. The van der Waals surface area contributed by atoms with Crippen molar-refractivity contribution in [2.75, 3.05) is 37.3 Å². The van der Waals surface area contributed by atoms with E-state index in [2.05, 4.69) is 45.3 Å². The molecule has 8 nitrogen and oxygen atoms in total. The normalized spacial score (nSPS) is 14.9. The van der Waals surface area contributed by atoms with Crippen LogP contribution in [0.2, 0.25) is 5.02 Å². The molecule has 0 amide bonds. The monoisotopic (exact) mass is 523 g/mol. The van der Waals surface area contributed by atoms with Gasteiger partial charge in [-0.25, -0.2) is 9.97 Å². The molecular weight excluding hydrogens is 495 g/mol. The predicted molar refractivity (Wildman–Crippen MR) is 138 cm³/mol. The van der Waals surface area contributed by atoms with Crippen LogP contribution in [0.1, 0.15) is 35.6 Å². The number of piperazine rings is 1. The second-order valence-electron chi connectivity index (χ2n) is 7.80. The number of anilines is 1. The van der Waals surface area contributed by atoms with Crippen LogP contribution >= 0.6 is 24.0 Å². The lowest BCUT2D eigenvalue weighted by Crippen LogP contribution is -2.44. The first kappa shape index (κ1) is 28.1. The van der Waals surface area contributed by atoms with Crippen LogP contribution in [0.5, 0.6) is 0 Å². The first-order valence-corrected chi connectivity index (χ1v) is 12.6. The summed E-state index contributed by atoms with van der Waals surface area (Å²) in [6, 6.07) is 10.1. The molecule has 1 fully saturated rings. The Kier molecular flexibility index (Phi) is 11.8. The Morgan fingerprint density at radius 3 is 2.44 bits per heavy atom. The van der Waals surface area contributed by atoms with Gasteiger partial charge in [0, 0.05) is 68.7 Å². The predicted octanol–water partition coefficient (Wildman–Crippen LogP) is 3.18. The lowest BCUT2D eigenvalue weighted by molar-refractivity contribution is 0.543.